The van der Waals surface area contributed by atoms with Gasteiger partial charge in [0.15, 0.2) is 0 Å². The van der Waals surface area contributed by atoms with Gasteiger partial charge in [0.1, 0.15) is 6.04 Å². The van der Waals surface area contributed by atoms with Crippen molar-refractivity contribution in [3.05, 3.63) is 96.1 Å². The lowest BCUT2D eigenvalue weighted by Gasteiger charge is -2.33. The van der Waals surface area contributed by atoms with Crippen LogP contribution in [-0.4, -0.2) is 30.8 Å². The first-order valence-electron chi connectivity index (χ1n) is 11.7. The highest BCUT2D eigenvalue weighted by Gasteiger charge is 2.38. The van der Waals surface area contributed by atoms with Crippen LogP contribution in [0.2, 0.25) is 0 Å². The Labute approximate surface area is 199 Å². The van der Waals surface area contributed by atoms with Crippen LogP contribution < -0.4 is 15.1 Å². The first kappa shape index (κ1) is 21.9. The topological polar surface area (TPSA) is 69.7 Å². The minimum atomic E-state index is -0.819. The number of aryl methyl sites for hydroxylation is 1. The molecular formula is C28H27N3O3. The van der Waals surface area contributed by atoms with Crippen molar-refractivity contribution in [2.24, 2.45) is 5.92 Å². The van der Waals surface area contributed by atoms with Gasteiger partial charge in [0.05, 0.1) is 5.92 Å². The Morgan fingerprint density at radius 2 is 1.56 bits per heavy atom. The summed E-state index contributed by atoms with van der Waals surface area (Å²) in [6, 6.07) is 25.8. The Morgan fingerprint density at radius 3 is 2.32 bits per heavy atom. The maximum atomic E-state index is 13.8. The number of rotatable bonds is 5. The third kappa shape index (κ3) is 4.31. The second kappa shape index (κ2) is 9.51. The van der Waals surface area contributed by atoms with Crippen LogP contribution in [-0.2, 0) is 20.8 Å². The largest absolute Gasteiger partial charge is 0.340 e. The van der Waals surface area contributed by atoms with Crippen molar-refractivity contribution in [1.82, 2.24) is 5.32 Å². The molecule has 6 heteroatoms. The minimum absolute atomic E-state index is 0.0844. The molecule has 2 heterocycles. The van der Waals surface area contributed by atoms with E-state index in [1.807, 2.05) is 84.9 Å². The number of fused-ring (bicyclic) bond motifs is 1. The summed E-state index contributed by atoms with van der Waals surface area (Å²) in [6.07, 6.45) is 1.94. The van der Waals surface area contributed by atoms with Crippen LogP contribution in [0.5, 0.6) is 0 Å². The van der Waals surface area contributed by atoms with Gasteiger partial charge >= 0.3 is 0 Å². The molecule has 3 amide bonds. The van der Waals surface area contributed by atoms with Crippen LogP contribution in [0, 0.1) is 5.92 Å². The lowest BCUT2D eigenvalue weighted by atomic mass is 9.98. The van der Waals surface area contributed by atoms with E-state index in [1.165, 1.54) is 0 Å². The summed E-state index contributed by atoms with van der Waals surface area (Å²) in [6.45, 7) is 0.912. The molecule has 5 rings (SSSR count). The fraction of sp³-hybridized carbons (Fsp3) is 0.250. The van der Waals surface area contributed by atoms with E-state index in [0.717, 1.165) is 35.3 Å². The number of hydrogen-bond acceptors (Lipinski definition) is 3. The summed E-state index contributed by atoms with van der Waals surface area (Å²) in [4.78, 5) is 43.2. The van der Waals surface area contributed by atoms with Crippen LogP contribution >= 0.6 is 0 Å². The number of hydrogen-bond donors (Lipinski definition) is 1. The fourth-order valence-electron chi connectivity index (χ4n) is 4.85. The maximum absolute atomic E-state index is 13.8. The molecule has 0 aliphatic carbocycles. The van der Waals surface area contributed by atoms with Crippen LogP contribution in [0.25, 0.3) is 0 Å². The summed E-state index contributed by atoms with van der Waals surface area (Å²) in [7, 11) is 0. The number of carbonyl (C=O) groups is 3. The van der Waals surface area contributed by atoms with E-state index in [2.05, 4.69) is 5.32 Å². The smallest absolute Gasteiger partial charge is 0.254 e. The predicted molar refractivity (Wildman–Crippen MR) is 131 cm³/mol. The SMILES string of the molecule is O=C(N[C@H](C(=O)N1CCCc2ccccc21)c1ccccc1)[C@@H]1CC(=O)N(c2ccccc2)C1. The number of carbonyl (C=O) groups excluding carboxylic acids is 3. The standard InChI is InChI=1S/C28H27N3O3/c32-25-18-22(19-31(25)23-14-5-2-6-15-23)27(33)29-26(21-11-3-1-4-12-21)28(34)30-17-9-13-20-10-7-8-16-24(20)30/h1-8,10-12,14-16,22,26H,9,13,17-19H2,(H,29,33)/t22-,26+/m1/s1. The molecule has 2 aliphatic rings. The molecule has 172 valence electrons. The lowest BCUT2D eigenvalue weighted by Crippen LogP contribution is -2.46. The Morgan fingerprint density at radius 1 is 0.882 bits per heavy atom. The summed E-state index contributed by atoms with van der Waals surface area (Å²) in [5, 5.41) is 2.99. The summed E-state index contributed by atoms with van der Waals surface area (Å²) in [5.41, 5.74) is 3.55. The zero-order valence-electron chi connectivity index (χ0n) is 18.9. The molecule has 34 heavy (non-hydrogen) atoms. The fourth-order valence-corrected chi connectivity index (χ4v) is 4.85. The highest BCUT2D eigenvalue weighted by molar-refractivity contribution is 6.03. The number of nitrogens with zero attached hydrogens (tertiary/aromatic N) is 2. The lowest BCUT2D eigenvalue weighted by molar-refractivity contribution is -0.130. The van der Waals surface area contributed by atoms with Gasteiger partial charge in [-0.25, -0.2) is 0 Å². The minimum Gasteiger partial charge on any atom is -0.340 e. The molecule has 3 aromatic rings. The van der Waals surface area contributed by atoms with Gasteiger partial charge in [-0.3, -0.25) is 14.4 Å². The van der Waals surface area contributed by atoms with Gasteiger partial charge in [-0.1, -0.05) is 66.7 Å². The third-order valence-electron chi connectivity index (χ3n) is 6.61. The summed E-state index contributed by atoms with van der Waals surface area (Å²) in [5.74, 6) is -1.03. The zero-order chi connectivity index (χ0) is 23.5. The number of amides is 3. The van der Waals surface area contributed by atoms with E-state index in [-0.39, 0.29) is 24.1 Å². The Balaban J connectivity index is 1.38. The molecule has 1 saturated heterocycles. The van der Waals surface area contributed by atoms with Crippen molar-refractivity contribution in [2.45, 2.75) is 25.3 Å². The Hall–Kier alpha value is -3.93. The Kier molecular flexibility index (Phi) is 6.12. The normalized spacial score (nSPS) is 18.4. The molecule has 0 radical (unpaired) electrons. The van der Waals surface area contributed by atoms with E-state index >= 15 is 0 Å². The van der Waals surface area contributed by atoms with Gasteiger partial charge in [-0.05, 0) is 42.2 Å². The zero-order valence-corrected chi connectivity index (χ0v) is 18.9. The van der Waals surface area contributed by atoms with Crippen LogP contribution in [0.1, 0.15) is 30.0 Å². The van der Waals surface area contributed by atoms with Gasteiger partial charge in [0, 0.05) is 30.9 Å². The van der Waals surface area contributed by atoms with E-state index in [4.69, 9.17) is 0 Å². The molecule has 0 bridgehead atoms. The van der Waals surface area contributed by atoms with Crippen molar-refractivity contribution in [3.8, 4) is 0 Å². The monoisotopic (exact) mass is 453 g/mol. The first-order chi connectivity index (χ1) is 16.6. The van der Waals surface area contributed by atoms with Gasteiger partial charge in [0.2, 0.25) is 11.8 Å². The highest BCUT2D eigenvalue weighted by Crippen LogP contribution is 2.30. The number of benzene rings is 3. The second-order valence-corrected chi connectivity index (χ2v) is 8.82. The van der Waals surface area contributed by atoms with Crippen molar-refractivity contribution in [1.29, 1.82) is 0 Å². The van der Waals surface area contributed by atoms with E-state index in [0.29, 0.717) is 13.1 Å². The predicted octanol–water partition coefficient (Wildman–Crippen LogP) is 3.88. The van der Waals surface area contributed by atoms with Crippen molar-refractivity contribution < 1.29 is 14.4 Å². The van der Waals surface area contributed by atoms with E-state index in [9.17, 15) is 14.4 Å². The molecule has 0 spiro atoms. The van der Waals surface area contributed by atoms with Crippen molar-refractivity contribution in [3.63, 3.8) is 0 Å². The molecule has 2 atom stereocenters. The second-order valence-electron chi connectivity index (χ2n) is 8.82. The van der Waals surface area contributed by atoms with Crippen LogP contribution in [0.3, 0.4) is 0 Å². The quantitative estimate of drug-likeness (QED) is 0.638. The molecule has 6 nitrogen and oxygen atoms in total. The maximum Gasteiger partial charge on any atom is 0.254 e. The molecule has 0 unspecified atom stereocenters. The van der Waals surface area contributed by atoms with Gasteiger partial charge in [0.25, 0.3) is 5.91 Å². The van der Waals surface area contributed by atoms with E-state index in [1.54, 1.807) is 9.80 Å². The third-order valence-corrected chi connectivity index (χ3v) is 6.61. The summed E-state index contributed by atoms with van der Waals surface area (Å²) < 4.78 is 0. The molecule has 0 aromatic heterocycles. The average molecular weight is 454 g/mol. The Bertz CT molecular complexity index is 1200. The van der Waals surface area contributed by atoms with Gasteiger partial charge in [-0.15, -0.1) is 0 Å². The average Bonchev–Trinajstić information content (AvgIpc) is 3.29. The van der Waals surface area contributed by atoms with Gasteiger partial charge in [-0.2, -0.15) is 0 Å². The molecule has 1 N–H and O–H groups in total. The number of nitrogens with one attached hydrogen (secondary N) is 1. The van der Waals surface area contributed by atoms with Crippen LogP contribution in [0.15, 0.2) is 84.9 Å². The van der Waals surface area contributed by atoms with Crippen molar-refractivity contribution in [2.75, 3.05) is 22.9 Å². The van der Waals surface area contributed by atoms with E-state index < -0.39 is 12.0 Å². The highest BCUT2D eigenvalue weighted by atomic mass is 16.2. The van der Waals surface area contributed by atoms with Gasteiger partial charge < -0.3 is 15.1 Å². The number of para-hydroxylation sites is 2. The van der Waals surface area contributed by atoms with Crippen molar-refractivity contribution >= 4 is 29.1 Å². The number of anilines is 2. The first-order valence-corrected chi connectivity index (χ1v) is 11.7. The molecule has 2 aliphatic heterocycles. The molecular weight excluding hydrogens is 426 g/mol. The summed E-state index contributed by atoms with van der Waals surface area (Å²) >= 11 is 0. The molecule has 3 aromatic carbocycles. The molecule has 0 saturated carbocycles. The molecule has 1 fully saturated rings. The van der Waals surface area contributed by atoms with Crippen LogP contribution in [0.4, 0.5) is 11.4 Å².